The van der Waals surface area contributed by atoms with Crippen molar-refractivity contribution in [3.63, 3.8) is 0 Å². The van der Waals surface area contributed by atoms with Crippen molar-refractivity contribution in [2.45, 2.75) is 37.0 Å². The maximum absolute atomic E-state index is 13.0. The van der Waals surface area contributed by atoms with E-state index < -0.39 is 10.0 Å². The standard InChI is InChI=1S/C15H24N2O2S2/c1-4-14-6-5-13(10-16-3)9-15(14)21(18,19)17-7-8-20-12(2)11-17/h5-6,9,12,16H,4,7-8,10-11H2,1-3H3. The van der Waals surface area contributed by atoms with E-state index in [0.29, 0.717) is 29.8 Å². The molecule has 0 amide bonds. The molecule has 6 heteroatoms. The van der Waals surface area contributed by atoms with E-state index in [2.05, 4.69) is 12.2 Å². The highest BCUT2D eigenvalue weighted by molar-refractivity contribution is 8.00. The first-order valence-corrected chi connectivity index (χ1v) is 9.86. The number of rotatable bonds is 5. The molecule has 1 aliphatic rings. The molecule has 1 atom stereocenters. The Morgan fingerprint density at radius 1 is 1.43 bits per heavy atom. The van der Waals surface area contributed by atoms with Gasteiger partial charge in [-0.3, -0.25) is 0 Å². The molecule has 1 aliphatic heterocycles. The summed E-state index contributed by atoms with van der Waals surface area (Å²) in [5.74, 6) is 0.873. The van der Waals surface area contributed by atoms with Gasteiger partial charge in [-0.25, -0.2) is 8.42 Å². The SMILES string of the molecule is CCc1ccc(CNC)cc1S(=O)(=O)N1CCSC(C)C1. The summed E-state index contributed by atoms with van der Waals surface area (Å²) in [5.41, 5.74) is 1.91. The van der Waals surface area contributed by atoms with Crippen LogP contribution >= 0.6 is 11.8 Å². The lowest BCUT2D eigenvalue weighted by molar-refractivity contribution is 0.423. The van der Waals surface area contributed by atoms with Gasteiger partial charge in [-0.05, 0) is 30.7 Å². The Labute approximate surface area is 132 Å². The lowest BCUT2D eigenvalue weighted by Gasteiger charge is -2.30. The van der Waals surface area contributed by atoms with Crippen LogP contribution in [0.4, 0.5) is 0 Å². The van der Waals surface area contributed by atoms with Gasteiger partial charge in [0.2, 0.25) is 10.0 Å². The molecule has 1 fully saturated rings. The van der Waals surface area contributed by atoms with E-state index in [9.17, 15) is 8.42 Å². The first kappa shape index (κ1) is 16.8. The summed E-state index contributed by atoms with van der Waals surface area (Å²) in [6.45, 7) is 5.98. The van der Waals surface area contributed by atoms with Gasteiger partial charge < -0.3 is 5.32 Å². The van der Waals surface area contributed by atoms with E-state index >= 15 is 0 Å². The highest BCUT2D eigenvalue weighted by atomic mass is 32.2. The van der Waals surface area contributed by atoms with Gasteiger partial charge in [0, 0.05) is 30.6 Å². The Morgan fingerprint density at radius 2 is 2.19 bits per heavy atom. The van der Waals surface area contributed by atoms with Crippen molar-refractivity contribution < 1.29 is 8.42 Å². The van der Waals surface area contributed by atoms with Gasteiger partial charge >= 0.3 is 0 Å². The van der Waals surface area contributed by atoms with Crippen molar-refractivity contribution >= 4 is 21.8 Å². The van der Waals surface area contributed by atoms with Gasteiger partial charge in [0.1, 0.15) is 0 Å². The van der Waals surface area contributed by atoms with E-state index in [4.69, 9.17) is 0 Å². The summed E-state index contributed by atoms with van der Waals surface area (Å²) in [5, 5.41) is 3.44. The highest BCUT2D eigenvalue weighted by Crippen LogP contribution is 2.27. The van der Waals surface area contributed by atoms with E-state index in [1.807, 2.05) is 43.9 Å². The first-order chi connectivity index (χ1) is 9.98. The van der Waals surface area contributed by atoms with Gasteiger partial charge in [0.15, 0.2) is 0 Å². The van der Waals surface area contributed by atoms with Gasteiger partial charge in [-0.1, -0.05) is 26.0 Å². The van der Waals surface area contributed by atoms with Crippen LogP contribution in [0.1, 0.15) is 25.0 Å². The van der Waals surface area contributed by atoms with E-state index in [1.54, 1.807) is 4.31 Å². The highest BCUT2D eigenvalue weighted by Gasteiger charge is 2.30. The topological polar surface area (TPSA) is 49.4 Å². The van der Waals surface area contributed by atoms with Crippen molar-refractivity contribution in [3.05, 3.63) is 29.3 Å². The van der Waals surface area contributed by atoms with Crippen LogP contribution in [0.2, 0.25) is 0 Å². The summed E-state index contributed by atoms with van der Waals surface area (Å²) in [6, 6.07) is 5.78. The largest absolute Gasteiger partial charge is 0.316 e. The molecule has 1 unspecified atom stereocenters. The van der Waals surface area contributed by atoms with Crippen LogP contribution in [0.5, 0.6) is 0 Å². The fourth-order valence-corrected chi connectivity index (χ4v) is 5.69. The van der Waals surface area contributed by atoms with Crippen molar-refractivity contribution in [3.8, 4) is 0 Å². The Morgan fingerprint density at radius 3 is 2.81 bits per heavy atom. The maximum atomic E-state index is 13.0. The molecule has 0 aromatic heterocycles. The normalized spacial score (nSPS) is 20.6. The minimum atomic E-state index is -3.39. The molecule has 1 N–H and O–H groups in total. The minimum Gasteiger partial charge on any atom is -0.316 e. The van der Waals surface area contributed by atoms with E-state index in [-0.39, 0.29) is 0 Å². The number of nitrogens with one attached hydrogen (secondary N) is 1. The van der Waals surface area contributed by atoms with Crippen molar-refractivity contribution in [2.24, 2.45) is 0 Å². The van der Waals surface area contributed by atoms with Gasteiger partial charge in [0.25, 0.3) is 0 Å². The second kappa shape index (κ2) is 7.13. The number of nitrogens with zero attached hydrogens (tertiary/aromatic N) is 1. The van der Waals surface area contributed by atoms with Gasteiger partial charge in [-0.15, -0.1) is 0 Å². The third-order valence-corrected chi connectivity index (χ3v) is 6.80. The van der Waals surface area contributed by atoms with Crippen molar-refractivity contribution in [2.75, 3.05) is 25.9 Å². The van der Waals surface area contributed by atoms with E-state index in [0.717, 1.165) is 23.3 Å². The molecule has 1 aromatic rings. The maximum Gasteiger partial charge on any atom is 0.243 e. The zero-order valence-electron chi connectivity index (χ0n) is 12.9. The van der Waals surface area contributed by atoms with Crippen LogP contribution in [-0.2, 0) is 23.0 Å². The molecular formula is C15H24N2O2S2. The summed E-state index contributed by atoms with van der Waals surface area (Å²) in [4.78, 5) is 0.483. The zero-order chi connectivity index (χ0) is 15.5. The molecule has 1 saturated heterocycles. The van der Waals surface area contributed by atoms with Crippen LogP contribution in [-0.4, -0.2) is 43.9 Å². The number of benzene rings is 1. The van der Waals surface area contributed by atoms with Crippen LogP contribution in [0.25, 0.3) is 0 Å². The smallest absolute Gasteiger partial charge is 0.243 e. The van der Waals surface area contributed by atoms with Crippen LogP contribution in [0.15, 0.2) is 23.1 Å². The van der Waals surface area contributed by atoms with Crippen LogP contribution in [0, 0.1) is 0 Å². The molecule has 1 heterocycles. The van der Waals surface area contributed by atoms with Crippen LogP contribution in [0.3, 0.4) is 0 Å². The average Bonchev–Trinajstić information content (AvgIpc) is 2.47. The molecule has 2 rings (SSSR count). The average molecular weight is 329 g/mol. The summed E-state index contributed by atoms with van der Waals surface area (Å²) in [6.07, 6.45) is 0.729. The Kier molecular flexibility index (Phi) is 5.71. The minimum absolute atomic E-state index is 0.360. The molecule has 0 saturated carbocycles. The second-order valence-electron chi connectivity index (χ2n) is 5.37. The van der Waals surface area contributed by atoms with Gasteiger partial charge in [0.05, 0.1) is 4.90 Å². The lowest BCUT2D eigenvalue weighted by atomic mass is 10.1. The molecule has 21 heavy (non-hydrogen) atoms. The first-order valence-electron chi connectivity index (χ1n) is 7.37. The molecular weight excluding hydrogens is 304 g/mol. The number of thioether (sulfide) groups is 1. The Balaban J connectivity index is 2.39. The molecule has 0 aliphatic carbocycles. The Hall–Kier alpha value is -0.560. The summed E-state index contributed by atoms with van der Waals surface area (Å²) >= 11 is 1.84. The monoisotopic (exact) mass is 328 g/mol. The predicted molar refractivity (Wildman–Crippen MR) is 89.3 cm³/mol. The summed E-state index contributed by atoms with van der Waals surface area (Å²) in [7, 11) is -1.52. The second-order valence-corrected chi connectivity index (χ2v) is 8.82. The predicted octanol–water partition coefficient (Wildman–Crippen LogP) is 2.09. The molecule has 0 spiro atoms. The zero-order valence-corrected chi connectivity index (χ0v) is 14.6. The molecule has 1 aromatic carbocycles. The fourth-order valence-electron chi connectivity index (χ4n) is 2.59. The Bertz CT molecular complexity index is 587. The van der Waals surface area contributed by atoms with Crippen molar-refractivity contribution in [1.29, 1.82) is 0 Å². The number of hydrogen-bond acceptors (Lipinski definition) is 4. The van der Waals surface area contributed by atoms with E-state index in [1.165, 1.54) is 0 Å². The molecule has 0 bridgehead atoms. The lowest BCUT2D eigenvalue weighted by Crippen LogP contribution is -2.41. The third-order valence-electron chi connectivity index (χ3n) is 3.72. The fraction of sp³-hybridized carbons (Fsp3) is 0.600. The number of aryl methyl sites for hydroxylation is 1. The molecule has 0 radical (unpaired) electrons. The molecule has 4 nitrogen and oxygen atoms in total. The summed E-state index contributed by atoms with van der Waals surface area (Å²) < 4.78 is 27.6. The number of hydrogen-bond donors (Lipinski definition) is 1. The van der Waals surface area contributed by atoms with Crippen LogP contribution < -0.4 is 5.32 Å². The van der Waals surface area contributed by atoms with Gasteiger partial charge in [-0.2, -0.15) is 16.1 Å². The third kappa shape index (κ3) is 3.80. The van der Waals surface area contributed by atoms with Crippen molar-refractivity contribution in [1.82, 2.24) is 9.62 Å². The number of sulfonamides is 1. The molecule has 118 valence electrons. The quantitative estimate of drug-likeness (QED) is 0.899.